The molecule has 7 heteroatoms. The summed E-state index contributed by atoms with van der Waals surface area (Å²) in [5.41, 5.74) is 6.25. The van der Waals surface area contributed by atoms with Gasteiger partial charge in [0.2, 0.25) is 0 Å². The summed E-state index contributed by atoms with van der Waals surface area (Å²) in [5, 5.41) is 5.12. The number of hydrogen-bond acceptors (Lipinski definition) is 6. The van der Waals surface area contributed by atoms with E-state index in [1.165, 1.54) is 17.7 Å². The molecule has 0 aliphatic rings. The maximum atomic E-state index is 13.7. The van der Waals surface area contributed by atoms with E-state index < -0.39 is 0 Å². The zero-order valence-electron chi connectivity index (χ0n) is 17.5. The van der Waals surface area contributed by atoms with E-state index in [4.69, 9.17) is 0 Å². The third-order valence-corrected chi connectivity index (χ3v) is 6.21. The van der Waals surface area contributed by atoms with E-state index in [0.717, 1.165) is 43.6 Å². The Balaban J connectivity index is 1.72. The Morgan fingerprint density at radius 2 is 1.87 bits per heavy atom. The normalized spacial score (nSPS) is 12.4. The molecule has 0 unspecified atom stereocenters. The van der Waals surface area contributed by atoms with E-state index in [1.54, 1.807) is 10.1 Å². The third kappa shape index (κ3) is 3.37. The average molecular weight is 428 g/mol. The topological polar surface area (TPSA) is 72.7 Å². The number of rotatable bonds is 4. The van der Waals surface area contributed by atoms with Gasteiger partial charge in [-0.1, -0.05) is 30.3 Å². The second-order valence-electron chi connectivity index (χ2n) is 7.68. The first-order chi connectivity index (χ1) is 15.0. The van der Waals surface area contributed by atoms with E-state index >= 15 is 0 Å². The van der Waals surface area contributed by atoms with Crippen LogP contribution < -0.4 is 10.9 Å². The molecule has 0 aliphatic carbocycles. The van der Waals surface area contributed by atoms with Gasteiger partial charge < -0.3 is 5.32 Å². The van der Waals surface area contributed by atoms with Crippen molar-refractivity contribution in [2.24, 2.45) is 0 Å². The fraction of sp³-hybridized carbons (Fsp3) is 0.167. The van der Waals surface area contributed by atoms with Crippen molar-refractivity contribution in [1.29, 1.82) is 0 Å². The molecule has 0 radical (unpaired) electrons. The highest BCUT2D eigenvalue weighted by Crippen LogP contribution is 2.28. The zero-order chi connectivity index (χ0) is 21.5. The Morgan fingerprint density at radius 3 is 2.71 bits per heavy atom. The van der Waals surface area contributed by atoms with Crippen LogP contribution in [0.15, 0.2) is 65.2 Å². The SMILES string of the molecule is Cc1cccc(-n2c([C@H](C)Nc3ncnc4scnc34)cc3cccc(C)c3c2=O)c1. The Hall–Kier alpha value is -3.58. The molecule has 0 saturated heterocycles. The lowest BCUT2D eigenvalue weighted by molar-refractivity contribution is 0.773. The van der Waals surface area contributed by atoms with Crippen LogP contribution in [-0.2, 0) is 0 Å². The number of thiazole rings is 1. The summed E-state index contributed by atoms with van der Waals surface area (Å²) in [4.78, 5) is 27.6. The Bertz CT molecular complexity index is 1490. The van der Waals surface area contributed by atoms with Crippen molar-refractivity contribution >= 4 is 38.3 Å². The number of benzene rings is 2. The molecule has 3 aromatic heterocycles. The summed E-state index contributed by atoms with van der Waals surface area (Å²) in [6.45, 7) is 6.04. The van der Waals surface area contributed by atoms with Crippen molar-refractivity contribution in [3.05, 3.63) is 87.5 Å². The lowest BCUT2D eigenvalue weighted by Gasteiger charge is -2.22. The van der Waals surface area contributed by atoms with Crippen LogP contribution in [-0.4, -0.2) is 19.5 Å². The van der Waals surface area contributed by atoms with E-state index in [-0.39, 0.29) is 11.6 Å². The number of anilines is 1. The summed E-state index contributed by atoms with van der Waals surface area (Å²) in [7, 11) is 0. The van der Waals surface area contributed by atoms with Crippen molar-refractivity contribution in [2.75, 3.05) is 5.32 Å². The molecule has 0 amide bonds. The van der Waals surface area contributed by atoms with Crippen molar-refractivity contribution in [1.82, 2.24) is 19.5 Å². The van der Waals surface area contributed by atoms with Gasteiger partial charge in [-0.25, -0.2) is 15.0 Å². The Kier molecular flexibility index (Phi) is 4.75. The van der Waals surface area contributed by atoms with E-state index in [2.05, 4.69) is 26.3 Å². The number of aromatic nitrogens is 4. The molecular weight excluding hydrogens is 406 g/mol. The molecule has 1 atom stereocenters. The first kappa shape index (κ1) is 19.4. The van der Waals surface area contributed by atoms with E-state index in [9.17, 15) is 4.79 Å². The molecule has 5 rings (SSSR count). The number of nitrogens with one attached hydrogen (secondary N) is 1. The summed E-state index contributed by atoms with van der Waals surface area (Å²) in [5.74, 6) is 0.659. The summed E-state index contributed by atoms with van der Waals surface area (Å²) >= 11 is 1.47. The monoisotopic (exact) mass is 427 g/mol. The summed E-state index contributed by atoms with van der Waals surface area (Å²) in [6, 6.07) is 15.9. The van der Waals surface area contributed by atoms with Gasteiger partial charge in [-0.2, -0.15) is 0 Å². The van der Waals surface area contributed by atoms with Crippen molar-refractivity contribution in [2.45, 2.75) is 26.8 Å². The molecule has 6 nitrogen and oxygen atoms in total. The first-order valence-corrected chi connectivity index (χ1v) is 10.9. The van der Waals surface area contributed by atoms with Crippen LogP contribution in [0.1, 0.15) is 29.8 Å². The standard InChI is InChI=1S/C24H21N5OS/c1-14-6-4-9-18(10-14)29-19(11-17-8-5-7-15(2)20(17)24(29)30)16(3)28-22-21-23(26-12-25-22)31-13-27-21/h4-13,16H,1-3H3,(H,25,26,28)/t16-/m0/s1. The predicted molar refractivity (Wildman–Crippen MR) is 126 cm³/mol. The fourth-order valence-corrected chi connectivity index (χ4v) is 4.61. The molecule has 1 N–H and O–H groups in total. The van der Waals surface area contributed by atoms with Gasteiger partial charge in [0.25, 0.3) is 5.56 Å². The average Bonchev–Trinajstić information content (AvgIpc) is 3.23. The number of nitrogens with zero attached hydrogens (tertiary/aromatic N) is 4. The second-order valence-corrected chi connectivity index (χ2v) is 8.52. The number of fused-ring (bicyclic) bond motifs is 2. The molecule has 0 spiro atoms. The quantitative estimate of drug-likeness (QED) is 0.428. The molecule has 0 bridgehead atoms. The van der Waals surface area contributed by atoms with Gasteiger partial charge in [-0.15, -0.1) is 11.3 Å². The zero-order valence-corrected chi connectivity index (χ0v) is 18.3. The van der Waals surface area contributed by atoms with Crippen molar-refractivity contribution in [3.63, 3.8) is 0 Å². The summed E-state index contributed by atoms with van der Waals surface area (Å²) in [6.07, 6.45) is 1.53. The lowest BCUT2D eigenvalue weighted by Crippen LogP contribution is -2.26. The molecule has 3 heterocycles. The number of pyridine rings is 1. The van der Waals surface area contributed by atoms with Gasteiger partial charge in [0, 0.05) is 11.4 Å². The maximum Gasteiger partial charge on any atom is 0.263 e. The molecular formula is C24H21N5OS. The molecule has 2 aromatic carbocycles. The maximum absolute atomic E-state index is 13.7. The fourth-order valence-electron chi connectivity index (χ4n) is 3.99. The lowest BCUT2D eigenvalue weighted by atomic mass is 10.0. The van der Waals surface area contributed by atoms with Gasteiger partial charge >= 0.3 is 0 Å². The van der Waals surface area contributed by atoms with Crippen LogP contribution in [0.25, 0.3) is 26.8 Å². The van der Waals surface area contributed by atoms with Crippen LogP contribution in [0.4, 0.5) is 5.82 Å². The highest BCUT2D eigenvalue weighted by molar-refractivity contribution is 7.16. The molecule has 0 aliphatic heterocycles. The minimum absolute atomic E-state index is 0.0219. The van der Waals surface area contributed by atoms with Gasteiger partial charge in [0.1, 0.15) is 16.7 Å². The second kappa shape index (κ2) is 7.59. The number of hydrogen-bond donors (Lipinski definition) is 1. The van der Waals surface area contributed by atoms with Gasteiger partial charge in [-0.3, -0.25) is 9.36 Å². The van der Waals surface area contributed by atoms with Crippen LogP contribution in [0, 0.1) is 13.8 Å². The van der Waals surface area contributed by atoms with E-state index in [1.807, 2.05) is 63.2 Å². The van der Waals surface area contributed by atoms with Crippen molar-refractivity contribution in [3.8, 4) is 5.69 Å². The van der Waals surface area contributed by atoms with Gasteiger partial charge in [0.15, 0.2) is 5.82 Å². The van der Waals surface area contributed by atoms with Crippen LogP contribution in [0.2, 0.25) is 0 Å². The number of aryl methyl sites for hydroxylation is 2. The molecule has 154 valence electrons. The van der Waals surface area contributed by atoms with E-state index in [0.29, 0.717) is 5.82 Å². The minimum Gasteiger partial charge on any atom is -0.360 e. The molecule has 5 aromatic rings. The first-order valence-electron chi connectivity index (χ1n) is 10.1. The van der Waals surface area contributed by atoms with Gasteiger partial charge in [-0.05, 0) is 55.5 Å². The van der Waals surface area contributed by atoms with Gasteiger partial charge in [0.05, 0.1) is 16.9 Å². The highest BCUT2D eigenvalue weighted by atomic mass is 32.1. The minimum atomic E-state index is -0.196. The predicted octanol–water partition coefficient (Wildman–Crippen LogP) is 5.18. The Morgan fingerprint density at radius 1 is 1.03 bits per heavy atom. The summed E-state index contributed by atoms with van der Waals surface area (Å²) < 4.78 is 1.80. The Labute approximate surface area is 183 Å². The van der Waals surface area contributed by atoms with Crippen LogP contribution >= 0.6 is 11.3 Å². The van der Waals surface area contributed by atoms with Crippen LogP contribution in [0.5, 0.6) is 0 Å². The molecule has 0 saturated carbocycles. The smallest absolute Gasteiger partial charge is 0.263 e. The van der Waals surface area contributed by atoms with Crippen molar-refractivity contribution < 1.29 is 0 Å². The third-order valence-electron chi connectivity index (χ3n) is 5.48. The molecule has 31 heavy (non-hydrogen) atoms. The largest absolute Gasteiger partial charge is 0.360 e. The molecule has 0 fully saturated rings. The van der Waals surface area contributed by atoms with Crippen LogP contribution in [0.3, 0.4) is 0 Å². The highest BCUT2D eigenvalue weighted by Gasteiger charge is 2.19.